The molecule has 1 aliphatic heterocycles. The molecule has 1 atom stereocenters. The van der Waals surface area contributed by atoms with E-state index in [4.69, 9.17) is 0 Å². The number of benzene rings is 1. The minimum absolute atomic E-state index is 0.0227. The number of hydrogen-bond acceptors (Lipinski definition) is 7. The van der Waals surface area contributed by atoms with Crippen LogP contribution in [0, 0.1) is 0 Å². The Morgan fingerprint density at radius 3 is 2.50 bits per heavy atom. The number of carbonyl (C=O) groups is 1. The monoisotopic (exact) mass is 423 g/mol. The van der Waals surface area contributed by atoms with Gasteiger partial charge in [0, 0.05) is 44.5 Å². The summed E-state index contributed by atoms with van der Waals surface area (Å²) >= 11 is 1.06. The highest BCUT2D eigenvalue weighted by Crippen LogP contribution is 2.23. The predicted octanol–water partition coefficient (Wildman–Crippen LogP) is 2.02. The molecule has 1 aliphatic rings. The number of hydrogen-bond donors (Lipinski definition) is 1. The molecular formula is C19H25N3O4S2. The third-order valence-electron chi connectivity index (χ3n) is 4.92. The van der Waals surface area contributed by atoms with Crippen molar-refractivity contribution in [2.45, 2.75) is 17.9 Å². The van der Waals surface area contributed by atoms with Gasteiger partial charge < -0.3 is 9.64 Å². The standard InChI is InChI=1S/C19H25N3O4S2/c1-15(21-9-11-22(12-10-21)16-6-4-3-5-7-16)14-20-28(24,25)17-8-13-27-18(17)19(23)26-2/h3-8,13,15,20H,9-12,14H2,1-2H3/t15-/m1/s1. The number of nitrogens with one attached hydrogen (secondary N) is 1. The summed E-state index contributed by atoms with van der Waals surface area (Å²) in [5, 5.41) is 1.58. The number of anilines is 1. The average molecular weight is 424 g/mol. The molecule has 0 radical (unpaired) electrons. The van der Waals surface area contributed by atoms with E-state index in [1.165, 1.54) is 18.9 Å². The van der Waals surface area contributed by atoms with E-state index < -0.39 is 16.0 Å². The van der Waals surface area contributed by atoms with Crippen LogP contribution in [-0.4, -0.2) is 65.2 Å². The van der Waals surface area contributed by atoms with Gasteiger partial charge in [-0.05, 0) is 30.5 Å². The first-order valence-electron chi connectivity index (χ1n) is 9.12. The second-order valence-electron chi connectivity index (χ2n) is 6.67. The van der Waals surface area contributed by atoms with Crippen LogP contribution >= 0.6 is 11.3 Å². The number of methoxy groups -OCH3 is 1. The molecule has 1 fully saturated rings. The molecule has 2 heterocycles. The Bertz CT molecular complexity index is 891. The molecule has 9 heteroatoms. The number of carbonyl (C=O) groups excluding carboxylic acids is 1. The molecule has 0 bridgehead atoms. The highest BCUT2D eigenvalue weighted by atomic mass is 32.2. The summed E-state index contributed by atoms with van der Waals surface area (Å²) < 4.78 is 32.5. The Morgan fingerprint density at radius 1 is 1.18 bits per heavy atom. The second-order valence-corrected chi connectivity index (χ2v) is 9.32. The van der Waals surface area contributed by atoms with Gasteiger partial charge in [-0.3, -0.25) is 4.90 Å². The highest BCUT2D eigenvalue weighted by molar-refractivity contribution is 7.89. The van der Waals surface area contributed by atoms with Gasteiger partial charge in [-0.25, -0.2) is 17.9 Å². The van der Waals surface area contributed by atoms with Crippen LogP contribution in [0.4, 0.5) is 5.69 Å². The van der Waals surface area contributed by atoms with Gasteiger partial charge in [0.15, 0.2) is 0 Å². The van der Waals surface area contributed by atoms with Crippen molar-refractivity contribution >= 4 is 33.0 Å². The molecule has 1 saturated heterocycles. The van der Waals surface area contributed by atoms with Crippen LogP contribution < -0.4 is 9.62 Å². The minimum Gasteiger partial charge on any atom is -0.465 e. The van der Waals surface area contributed by atoms with Crippen LogP contribution in [0.5, 0.6) is 0 Å². The molecule has 0 amide bonds. The maximum absolute atomic E-state index is 12.6. The molecule has 0 unspecified atom stereocenters. The van der Waals surface area contributed by atoms with Gasteiger partial charge >= 0.3 is 5.97 Å². The van der Waals surface area contributed by atoms with Crippen molar-refractivity contribution in [3.63, 3.8) is 0 Å². The molecule has 7 nitrogen and oxygen atoms in total. The van der Waals surface area contributed by atoms with E-state index in [2.05, 4.69) is 31.4 Å². The molecule has 2 aromatic rings. The van der Waals surface area contributed by atoms with Crippen LogP contribution in [0.25, 0.3) is 0 Å². The molecule has 28 heavy (non-hydrogen) atoms. The van der Waals surface area contributed by atoms with Crippen molar-refractivity contribution in [3.05, 3.63) is 46.7 Å². The van der Waals surface area contributed by atoms with Crippen molar-refractivity contribution < 1.29 is 17.9 Å². The SMILES string of the molecule is COC(=O)c1sccc1S(=O)(=O)NC[C@@H](C)N1CCN(c2ccccc2)CC1. The second kappa shape index (κ2) is 9.04. The van der Waals surface area contributed by atoms with Crippen molar-refractivity contribution in [2.24, 2.45) is 0 Å². The van der Waals surface area contributed by atoms with Gasteiger partial charge in [0.1, 0.15) is 9.77 Å². The molecule has 1 aromatic heterocycles. The Balaban J connectivity index is 1.55. The molecule has 0 saturated carbocycles. The summed E-state index contributed by atoms with van der Waals surface area (Å²) in [4.78, 5) is 16.4. The van der Waals surface area contributed by atoms with Crippen LogP contribution in [0.1, 0.15) is 16.6 Å². The van der Waals surface area contributed by atoms with E-state index in [0.29, 0.717) is 0 Å². The fourth-order valence-corrected chi connectivity index (χ4v) is 5.70. The summed E-state index contributed by atoms with van der Waals surface area (Å²) in [6.45, 7) is 5.82. The van der Waals surface area contributed by atoms with Crippen molar-refractivity contribution in [2.75, 3.05) is 44.7 Å². The first-order chi connectivity index (χ1) is 13.4. The van der Waals surface area contributed by atoms with E-state index in [0.717, 1.165) is 37.5 Å². The first kappa shape index (κ1) is 20.8. The van der Waals surface area contributed by atoms with E-state index in [-0.39, 0.29) is 22.4 Å². The summed E-state index contributed by atoms with van der Waals surface area (Å²) in [7, 11) is -2.53. The third kappa shape index (κ3) is 4.72. The predicted molar refractivity (Wildman–Crippen MR) is 111 cm³/mol. The summed E-state index contributed by atoms with van der Waals surface area (Å²) in [6.07, 6.45) is 0. The van der Waals surface area contributed by atoms with Crippen LogP contribution in [-0.2, 0) is 14.8 Å². The van der Waals surface area contributed by atoms with E-state index in [1.54, 1.807) is 5.38 Å². The minimum atomic E-state index is -3.77. The maximum atomic E-state index is 12.6. The van der Waals surface area contributed by atoms with Gasteiger partial charge in [0.05, 0.1) is 7.11 Å². The van der Waals surface area contributed by atoms with Gasteiger partial charge in [-0.2, -0.15) is 0 Å². The fraction of sp³-hybridized carbons (Fsp3) is 0.421. The van der Waals surface area contributed by atoms with Crippen LogP contribution in [0.3, 0.4) is 0 Å². The van der Waals surface area contributed by atoms with Crippen LogP contribution in [0.15, 0.2) is 46.7 Å². The van der Waals surface area contributed by atoms with E-state index >= 15 is 0 Å². The zero-order chi connectivity index (χ0) is 20.1. The lowest BCUT2D eigenvalue weighted by Crippen LogP contribution is -2.52. The van der Waals surface area contributed by atoms with Gasteiger partial charge in [0.2, 0.25) is 10.0 Å². The Morgan fingerprint density at radius 2 is 1.86 bits per heavy atom. The van der Waals surface area contributed by atoms with Gasteiger partial charge in [0.25, 0.3) is 0 Å². The lowest BCUT2D eigenvalue weighted by atomic mass is 10.2. The molecular weight excluding hydrogens is 398 g/mol. The lowest BCUT2D eigenvalue weighted by molar-refractivity contribution is 0.0602. The number of piperazine rings is 1. The van der Waals surface area contributed by atoms with E-state index in [9.17, 15) is 13.2 Å². The lowest BCUT2D eigenvalue weighted by Gasteiger charge is -2.39. The summed E-state index contributed by atoms with van der Waals surface area (Å²) in [5.41, 5.74) is 1.21. The number of thiophene rings is 1. The fourth-order valence-electron chi connectivity index (χ4n) is 3.25. The van der Waals surface area contributed by atoms with Crippen molar-refractivity contribution in [1.29, 1.82) is 0 Å². The highest BCUT2D eigenvalue weighted by Gasteiger charge is 2.27. The summed E-state index contributed by atoms with van der Waals surface area (Å²) in [5.74, 6) is -0.638. The quantitative estimate of drug-likeness (QED) is 0.687. The molecule has 3 rings (SSSR count). The first-order valence-corrected chi connectivity index (χ1v) is 11.5. The molecule has 1 N–H and O–H groups in total. The molecule has 152 valence electrons. The molecule has 0 spiro atoms. The van der Waals surface area contributed by atoms with Crippen LogP contribution in [0.2, 0.25) is 0 Å². The zero-order valence-corrected chi connectivity index (χ0v) is 17.6. The number of sulfonamides is 1. The van der Waals surface area contributed by atoms with Crippen molar-refractivity contribution in [3.8, 4) is 0 Å². The largest absolute Gasteiger partial charge is 0.465 e. The van der Waals surface area contributed by atoms with Gasteiger partial charge in [-0.15, -0.1) is 11.3 Å². The zero-order valence-electron chi connectivity index (χ0n) is 16.0. The average Bonchev–Trinajstić information content (AvgIpc) is 3.23. The van der Waals surface area contributed by atoms with E-state index in [1.807, 2.05) is 25.1 Å². The number of rotatable bonds is 7. The Labute approximate surface area is 170 Å². The number of esters is 1. The number of para-hydroxylation sites is 1. The Hall–Kier alpha value is -1.94. The Kier molecular flexibility index (Phi) is 6.71. The number of nitrogens with zero attached hydrogens (tertiary/aromatic N) is 2. The molecule has 1 aromatic carbocycles. The van der Waals surface area contributed by atoms with Crippen molar-refractivity contribution in [1.82, 2.24) is 9.62 Å². The topological polar surface area (TPSA) is 78.9 Å². The third-order valence-corrected chi connectivity index (χ3v) is 7.41. The summed E-state index contributed by atoms with van der Waals surface area (Å²) in [6, 6.07) is 11.8. The molecule has 0 aliphatic carbocycles. The van der Waals surface area contributed by atoms with Gasteiger partial charge in [-0.1, -0.05) is 18.2 Å². The normalized spacial score (nSPS) is 16.7. The number of ether oxygens (including phenoxy) is 1. The maximum Gasteiger partial charge on any atom is 0.349 e. The smallest absolute Gasteiger partial charge is 0.349 e.